The highest BCUT2D eigenvalue weighted by Gasteiger charge is 2.20. The number of anilines is 2. The minimum Gasteiger partial charge on any atom is -0.320 e. The van der Waals surface area contributed by atoms with E-state index >= 15 is 0 Å². The highest BCUT2D eigenvalue weighted by molar-refractivity contribution is 7.12. The van der Waals surface area contributed by atoms with E-state index in [9.17, 15) is 22.8 Å². The Balaban J connectivity index is 1.89. The van der Waals surface area contributed by atoms with Gasteiger partial charge in [-0.25, -0.2) is 13.2 Å². The van der Waals surface area contributed by atoms with Crippen molar-refractivity contribution < 1.29 is 22.8 Å². The number of thiophene rings is 1. The third-order valence-corrected chi connectivity index (χ3v) is 4.28. The summed E-state index contributed by atoms with van der Waals surface area (Å²) in [5.41, 5.74) is -0.834. The topological polar surface area (TPSA) is 58.2 Å². The van der Waals surface area contributed by atoms with E-state index in [1.54, 1.807) is 17.5 Å². The predicted molar refractivity (Wildman–Crippen MR) is 93.0 cm³/mol. The van der Waals surface area contributed by atoms with Crippen LogP contribution in [-0.4, -0.2) is 11.8 Å². The van der Waals surface area contributed by atoms with Gasteiger partial charge in [-0.15, -0.1) is 11.3 Å². The zero-order valence-electron chi connectivity index (χ0n) is 13.1. The molecule has 0 saturated carbocycles. The van der Waals surface area contributed by atoms with Gasteiger partial charge in [-0.1, -0.05) is 12.1 Å². The molecule has 0 saturated heterocycles. The number of carbonyl (C=O) groups is 2. The van der Waals surface area contributed by atoms with E-state index in [2.05, 4.69) is 10.6 Å². The van der Waals surface area contributed by atoms with Crippen LogP contribution in [0.2, 0.25) is 0 Å². The Hall–Kier alpha value is -3.13. The smallest absolute Gasteiger partial charge is 0.265 e. The summed E-state index contributed by atoms with van der Waals surface area (Å²) in [5.74, 6) is -4.19. The summed E-state index contributed by atoms with van der Waals surface area (Å²) in [6, 6.07) is 9.54. The number of halogens is 3. The van der Waals surface area contributed by atoms with Gasteiger partial charge in [0.25, 0.3) is 11.8 Å². The molecule has 0 radical (unpaired) electrons. The van der Waals surface area contributed by atoms with E-state index in [-0.39, 0.29) is 11.4 Å². The molecular weight excluding hydrogens is 365 g/mol. The molecule has 0 spiro atoms. The molecule has 1 aromatic heterocycles. The molecule has 2 aromatic carbocycles. The van der Waals surface area contributed by atoms with Crippen molar-refractivity contribution >= 4 is 34.5 Å². The van der Waals surface area contributed by atoms with Crippen molar-refractivity contribution in [2.45, 2.75) is 0 Å². The monoisotopic (exact) mass is 376 g/mol. The van der Waals surface area contributed by atoms with Crippen LogP contribution in [0, 0.1) is 17.5 Å². The highest BCUT2D eigenvalue weighted by atomic mass is 32.1. The average molecular weight is 376 g/mol. The quantitative estimate of drug-likeness (QED) is 0.695. The van der Waals surface area contributed by atoms with E-state index in [0.717, 1.165) is 18.2 Å². The van der Waals surface area contributed by atoms with Crippen molar-refractivity contribution in [1.29, 1.82) is 0 Å². The lowest BCUT2D eigenvalue weighted by Gasteiger charge is -2.12. The first kappa shape index (κ1) is 17.7. The number of hydrogen-bond donors (Lipinski definition) is 2. The molecule has 0 unspecified atom stereocenters. The summed E-state index contributed by atoms with van der Waals surface area (Å²) in [7, 11) is 0. The lowest BCUT2D eigenvalue weighted by Crippen LogP contribution is -2.19. The average Bonchev–Trinajstić information content (AvgIpc) is 3.12. The molecule has 8 heteroatoms. The fraction of sp³-hybridized carbons (Fsp3) is 0. The fourth-order valence-corrected chi connectivity index (χ4v) is 2.85. The second-order valence-corrected chi connectivity index (χ2v) is 6.12. The van der Waals surface area contributed by atoms with Crippen LogP contribution in [0.4, 0.5) is 24.5 Å². The maximum Gasteiger partial charge on any atom is 0.265 e. The zero-order valence-corrected chi connectivity index (χ0v) is 13.9. The van der Waals surface area contributed by atoms with Crippen LogP contribution in [0.15, 0.2) is 53.9 Å². The standard InChI is InChI=1S/C18H11F3N2O2S/c19-10-6-7-13(12(21)9-10)22-18(25)16-11(20)3-1-4-14(16)23-17(24)15-5-2-8-26-15/h1-9H,(H,22,25)(H,23,24). The number of nitrogens with one attached hydrogen (secondary N) is 2. The maximum atomic E-state index is 14.2. The molecule has 132 valence electrons. The Morgan fingerprint density at radius 3 is 2.27 bits per heavy atom. The van der Waals surface area contributed by atoms with Crippen molar-refractivity contribution in [2.24, 2.45) is 0 Å². The Labute approximate surface area is 150 Å². The van der Waals surface area contributed by atoms with Crippen LogP contribution in [-0.2, 0) is 0 Å². The lowest BCUT2D eigenvalue weighted by molar-refractivity contribution is 0.102. The van der Waals surface area contributed by atoms with Gasteiger partial charge in [0.1, 0.15) is 17.5 Å². The van der Waals surface area contributed by atoms with E-state index in [4.69, 9.17) is 0 Å². The first-order valence-corrected chi connectivity index (χ1v) is 8.23. The van der Waals surface area contributed by atoms with Crippen molar-refractivity contribution in [3.05, 3.63) is 81.8 Å². The molecule has 2 N–H and O–H groups in total. The normalized spacial score (nSPS) is 10.4. The minimum atomic E-state index is -1.00. The molecule has 0 fully saturated rings. The predicted octanol–water partition coefficient (Wildman–Crippen LogP) is 4.67. The Morgan fingerprint density at radius 2 is 1.58 bits per heavy atom. The van der Waals surface area contributed by atoms with Crippen LogP contribution in [0.25, 0.3) is 0 Å². The molecule has 0 atom stereocenters. The first-order valence-electron chi connectivity index (χ1n) is 7.35. The van der Waals surface area contributed by atoms with Gasteiger partial charge in [0.2, 0.25) is 0 Å². The van der Waals surface area contributed by atoms with Crippen molar-refractivity contribution in [3.8, 4) is 0 Å². The minimum absolute atomic E-state index is 0.0663. The van der Waals surface area contributed by atoms with E-state index in [1.807, 2.05) is 0 Å². The molecule has 1 heterocycles. The highest BCUT2D eigenvalue weighted by Crippen LogP contribution is 2.23. The summed E-state index contributed by atoms with van der Waals surface area (Å²) < 4.78 is 40.9. The summed E-state index contributed by atoms with van der Waals surface area (Å²) in [4.78, 5) is 24.9. The molecule has 4 nitrogen and oxygen atoms in total. The second-order valence-electron chi connectivity index (χ2n) is 5.17. The number of rotatable bonds is 4. The number of carbonyl (C=O) groups excluding carboxylic acids is 2. The number of amides is 2. The molecule has 3 rings (SSSR count). The van der Waals surface area contributed by atoms with Crippen LogP contribution in [0.1, 0.15) is 20.0 Å². The Bertz CT molecular complexity index is 975. The van der Waals surface area contributed by atoms with Gasteiger partial charge in [0.15, 0.2) is 0 Å². The molecule has 0 bridgehead atoms. The van der Waals surface area contributed by atoms with Gasteiger partial charge >= 0.3 is 0 Å². The van der Waals surface area contributed by atoms with E-state index in [1.165, 1.54) is 23.5 Å². The van der Waals surface area contributed by atoms with Gasteiger partial charge in [-0.3, -0.25) is 9.59 Å². The molecule has 0 aliphatic heterocycles. The largest absolute Gasteiger partial charge is 0.320 e. The summed E-state index contributed by atoms with van der Waals surface area (Å²) >= 11 is 1.18. The Morgan fingerprint density at radius 1 is 0.808 bits per heavy atom. The van der Waals surface area contributed by atoms with Gasteiger partial charge < -0.3 is 10.6 Å². The van der Waals surface area contributed by atoms with Gasteiger partial charge in [-0.2, -0.15) is 0 Å². The van der Waals surface area contributed by atoms with Gasteiger partial charge in [0, 0.05) is 6.07 Å². The first-order chi connectivity index (χ1) is 12.5. The van der Waals surface area contributed by atoms with Gasteiger partial charge in [0.05, 0.1) is 21.8 Å². The molecule has 26 heavy (non-hydrogen) atoms. The fourth-order valence-electron chi connectivity index (χ4n) is 2.23. The zero-order chi connectivity index (χ0) is 18.7. The van der Waals surface area contributed by atoms with Crippen molar-refractivity contribution in [1.82, 2.24) is 0 Å². The SMILES string of the molecule is O=C(Nc1cccc(F)c1C(=O)Nc1ccc(F)cc1F)c1cccs1. The molecule has 0 aliphatic carbocycles. The summed E-state index contributed by atoms with van der Waals surface area (Å²) in [6.45, 7) is 0. The third-order valence-electron chi connectivity index (χ3n) is 3.41. The number of benzene rings is 2. The molecular formula is C18H11F3N2O2S. The third kappa shape index (κ3) is 3.75. The van der Waals surface area contributed by atoms with Crippen LogP contribution in [0.3, 0.4) is 0 Å². The van der Waals surface area contributed by atoms with Crippen LogP contribution in [0.5, 0.6) is 0 Å². The van der Waals surface area contributed by atoms with E-state index in [0.29, 0.717) is 10.9 Å². The van der Waals surface area contributed by atoms with E-state index < -0.39 is 34.8 Å². The summed E-state index contributed by atoms with van der Waals surface area (Å²) in [5, 5.41) is 6.33. The number of hydrogen-bond acceptors (Lipinski definition) is 3. The molecule has 3 aromatic rings. The van der Waals surface area contributed by atoms with Crippen molar-refractivity contribution in [3.63, 3.8) is 0 Å². The molecule has 2 amide bonds. The lowest BCUT2D eigenvalue weighted by atomic mass is 10.1. The second kappa shape index (κ2) is 7.40. The van der Waals surface area contributed by atoms with Crippen LogP contribution >= 0.6 is 11.3 Å². The summed E-state index contributed by atoms with van der Waals surface area (Å²) in [6.07, 6.45) is 0. The molecule has 0 aliphatic rings. The maximum absolute atomic E-state index is 14.2. The van der Waals surface area contributed by atoms with Crippen molar-refractivity contribution in [2.75, 3.05) is 10.6 Å². The van der Waals surface area contributed by atoms with Crippen LogP contribution < -0.4 is 10.6 Å². The van der Waals surface area contributed by atoms with Gasteiger partial charge in [-0.05, 0) is 35.7 Å². The Kier molecular flexibility index (Phi) is 5.04.